The fraction of sp³-hybridized carbons (Fsp3) is 0.345. The summed E-state index contributed by atoms with van der Waals surface area (Å²) in [6.07, 6.45) is 1.71. The van der Waals surface area contributed by atoms with Crippen molar-refractivity contribution in [3.05, 3.63) is 65.7 Å². The van der Waals surface area contributed by atoms with E-state index in [9.17, 15) is 13.6 Å². The van der Waals surface area contributed by atoms with E-state index in [-0.39, 0.29) is 29.3 Å². The molecule has 41 heavy (non-hydrogen) atoms. The van der Waals surface area contributed by atoms with Crippen LogP contribution >= 0.6 is 0 Å². The summed E-state index contributed by atoms with van der Waals surface area (Å²) >= 11 is 0. The average molecular weight is 563 g/mol. The number of ether oxygens (including phenoxy) is 1. The van der Waals surface area contributed by atoms with Gasteiger partial charge in [-0.25, -0.2) is 13.8 Å². The number of likely N-dealkylation sites (N-methyl/N-ethyl adjacent to an activating group) is 1. The van der Waals surface area contributed by atoms with Crippen LogP contribution in [0.3, 0.4) is 0 Å². The lowest BCUT2D eigenvalue weighted by Crippen LogP contribution is -2.44. The number of pyridine rings is 1. The first-order valence-corrected chi connectivity index (χ1v) is 13.7. The fourth-order valence-electron chi connectivity index (χ4n) is 5.13. The van der Waals surface area contributed by atoms with Gasteiger partial charge in [-0.1, -0.05) is 0 Å². The maximum Gasteiger partial charge on any atom is 0.259 e. The minimum absolute atomic E-state index is 0.0461. The Morgan fingerprint density at radius 2 is 1.80 bits per heavy atom. The van der Waals surface area contributed by atoms with Crippen molar-refractivity contribution in [1.82, 2.24) is 20.1 Å². The van der Waals surface area contributed by atoms with Crippen LogP contribution in [-0.2, 0) is 4.74 Å². The van der Waals surface area contributed by atoms with E-state index in [1.54, 1.807) is 12.1 Å². The molecule has 10 nitrogen and oxygen atoms in total. The minimum atomic E-state index is -0.612. The molecule has 0 bridgehead atoms. The van der Waals surface area contributed by atoms with E-state index >= 15 is 0 Å². The summed E-state index contributed by atoms with van der Waals surface area (Å²) in [6.45, 7) is 5.15. The number of aromatic amines is 1. The van der Waals surface area contributed by atoms with Crippen molar-refractivity contribution in [3.8, 4) is 0 Å². The zero-order chi connectivity index (χ0) is 28.3. The van der Waals surface area contributed by atoms with Crippen LogP contribution in [-0.4, -0.2) is 78.5 Å². The lowest BCUT2D eigenvalue weighted by atomic mass is 10.1. The quantitative estimate of drug-likeness (QED) is 0.259. The van der Waals surface area contributed by atoms with E-state index in [2.05, 4.69) is 48.0 Å². The van der Waals surface area contributed by atoms with E-state index in [1.165, 1.54) is 0 Å². The molecule has 2 saturated heterocycles. The summed E-state index contributed by atoms with van der Waals surface area (Å²) in [7, 11) is 2.12. The van der Waals surface area contributed by atoms with Gasteiger partial charge in [0.15, 0.2) is 5.82 Å². The number of nitrogens with zero attached hydrogens (tertiary/aromatic N) is 4. The molecule has 2 aliphatic rings. The first-order chi connectivity index (χ1) is 19.9. The van der Waals surface area contributed by atoms with Gasteiger partial charge in [0.25, 0.3) is 5.91 Å². The van der Waals surface area contributed by atoms with E-state index in [4.69, 9.17) is 4.74 Å². The summed E-state index contributed by atoms with van der Waals surface area (Å²) in [5.74, 6) is -1.02. The second kappa shape index (κ2) is 11.7. The Hall–Kier alpha value is -4.29. The molecule has 0 saturated carbocycles. The van der Waals surface area contributed by atoms with Crippen molar-refractivity contribution in [1.29, 1.82) is 0 Å². The number of piperazine rings is 1. The number of nitrogens with one attached hydrogen (secondary N) is 4. The van der Waals surface area contributed by atoms with Gasteiger partial charge in [-0.15, -0.1) is 0 Å². The fourth-order valence-corrected chi connectivity index (χ4v) is 5.13. The van der Waals surface area contributed by atoms with Crippen molar-refractivity contribution in [2.75, 3.05) is 67.3 Å². The van der Waals surface area contributed by atoms with Gasteiger partial charge in [0.2, 0.25) is 0 Å². The van der Waals surface area contributed by atoms with Gasteiger partial charge < -0.3 is 30.5 Å². The van der Waals surface area contributed by atoms with E-state index in [1.807, 2.05) is 18.2 Å². The van der Waals surface area contributed by atoms with Crippen LogP contribution in [0.5, 0.6) is 0 Å². The number of benzene rings is 2. The normalized spacial score (nSPS) is 16.6. The molecular weight excluding hydrogens is 530 g/mol. The highest BCUT2D eigenvalue weighted by atomic mass is 19.1. The number of fused-ring (bicyclic) bond motifs is 1. The second-order valence-electron chi connectivity index (χ2n) is 10.4. The molecule has 4 aromatic rings. The van der Waals surface area contributed by atoms with Crippen molar-refractivity contribution >= 4 is 45.6 Å². The number of amides is 1. The first-order valence-electron chi connectivity index (χ1n) is 13.7. The van der Waals surface area contributed by atoms with Crippen LogP contribution < -0.4 is 20.9 Å². The summed E-state index contributed by atoms with van der Waals surface area (Å²) in [4.78, 5) is 22.8. The summed E-state index contributed by atoms with van der Waals surface area (Å²) in [5, 5.41) is 16.4. The summed E-state index contributed by atoms with van der Waals surface area (Å²) in [5.41, 5.74) is 3.22. The average Bonchev–Trinajstić information content (AvgIpc) is 3.37. The Kier molecular flexibility index (Phi) is 7.66. The molecule has 214 valence electrons. The molecule has 1 amide bonds. The van der Waals surface area contributed by atoms with Crippen molar-refractivity contribution in [2.45, 2.75) is 18.9 Å². The van der Waals surface area contributed by atoms with Gasteiger partial charge in [0.05, 0.1) is 16.8 Å². The van der Waals surface area contributed by atoms with Crippen LogP contribution in [0.1, 0.15) is 23.2 Å². The molecule has 0 unspecified atom stereocenters. The van der Waals surface area contributed by atoms with Crippen LogP contribution in [0.15, 0.2) is 48.5 Å². The molecule has 12 heteroatoms. The molecule has 6 rings (SSSR count). The largest absolute Gasteiger partial charge is 0.381 e. The van der Waals surface area contributed by atoms with Crippen LogP contribution in [0.2, 0.25) is 0 Å². The number of hydrogen-bond donors (Lipinski definition) is 4. The van der Waals surface area contributed by atoms with E-state index in [0.29, 0.717) is 29.8 Å². The summed E-state index contributed by atoms with van der Waals surface area (Å²) < 4.78 is 33.3. The monoisotopic (exact) mass is 562 g/mol. The van der Waals surface area contributed by atoms with Gasteiger partial charge in [-0.2, -0.15) is 5.10 Å². The number of rotatable bonds is 7. The molecule has 4 heterocycles. The highest BCUT2D eigenvalue weighted by Gasteiger charge is 2.22. The molecule has 2 fully saturated rings. The van der Waals surface area contributed by atoms with E-state index < -0.39 is 11.6 Å². The van der Waals surface area contributed by atoms with Crippen molar-refractivity contribution < 1.29 is 18.3 Å². The molecule has 0 radical (unpaired) electrons. The molecule has 2 aromatic heterocycles. The number of carbonyl (C=O) groups is 1. The third-order valence-corrected chi connectivity index (χ3v) is 7.53. The lowest BCUT2D eigenvalue weighted by molar-refractivity contribution is 0.0904. The van der Waals surface area contributed by atoms with Crippen LogP contribution in [0, 0.1) is 11.6 Å². The molecular formula is C29H32F2N8O2. The van der Waals surface area contributed by atoms with E-state index in [0.717, 1.165) is 68.6 Å². The number of aromatic nitrogens is 3. The smallest absolute Gasteiger partial charge is 0.259 e. The zero-order valence-electron chi connectivity index (χ0n) is 22.7. The van der Waals surface area contributed by atoms with Crippen LogP contribution in [0.25, 0.3) is 11.0 Å². The first kappa shape index (κ1) is 26.9. The lowest BCUT2D eigenvalue weighted by Gasteiger charge is -2.34. The minimum Gasteiger partial charge on any atom is -0.381 e. The van der Waals surface area contributed by atoms with Crippen molar-refractivity contribution in [2.24, 2.45) is 0 Å². The third-order valence-electron chi connectivity index (χ3n) is 7.53. The molecule has 0 aliphatic carbocycles. The second-order valence-corrected chi connectivity index (χ2v) is 10.4. The Morgan fingerprint density at radius 1 is 1.00 bits per heavy atom. The number of H-pyrrole nitrogens is 1. The number of halogens is 2. The highest BCUT2D eigenvalue weighted by Crippen LogP contribution is 2.29. The predicted octanol–water partition coefficient (Wildman–Crippen LogP) is 4.57. The molecule has 0 spiro atoms. The van der Waals surface area contributed by atoms with Gasteiger partial charge in [0.1, 0.15) is 23.0 Å². The molecule has 2 aromatic carbocycles. The van der Waals surface area contributed by atoms with Crippen molar-refractivity contribution in [3.63, 3.8) is 0 Å². The zero-order valence-corrected chi connectivity index (χ0v) is 22.7. The standard InChI is InChI=1S/C29H32F2N8O2/c1-38-10-12-39(13-11-38)20-3-4-21(24(17-20)32-19-8-14-41-15-9-19)29(40)35-28-27-23(36-37-28)6-7-26(34-27)33-25-16-18(30)2-5-22(25)31/h2-7,16-17,19,32H,8-15H2,1H3,(H,33,34)(H2,35,36,37,40). The van der Waals surface area contributed by atoms with Gasteiger partial charge in [-0.05, 0) is 62.4 Å². The Bertz CT molecular complexity index is 1550. The third kappa shape index (κ3) is 6.08. The Labute approximate surface area is 236 Å². The molecule has 0 atom stereocenters. The van der Waals surface area contributed by atoms with Crippen LogP contribution in [0.4, 0.5) is 37.5 Å². The molecule has 2 aliphatic heterocycles. The maximum atomic E-state index is 14.2. The maximum absolute atomic E-state index is 14.2. The van der Waals surface area contributed by atoms with Gasteiger partial charge in [0, 0.05) is 62.9 Å². The van der Waals surface area contributed by atoms with Gasteiger partial charge in [-0.3, -0.25) is 9.89 Å². The van der Waals surface area contributed by atoms with Gasteiger partial charge >= 0.3 is 0 Å². The number of carbonyl (C=O) groups excluding carboxylic acids is 1. The topological polar surface area (TPSA) is 110 Å². The SMILES string of the molecule is CN1CCN(c2ccc(C(=O)Nc3n[nH]c4ccc(Nc5cc(F)ccc5F)nc34)c(NC3CCOCC3)c2)CC1. The number of anilines is 5. The Balaban J connectivity index is 1.26. The Morgan fingerprint density at radius 3 is 2.61 bits per heavy atom. The summed E-state index contributed by atoms with van der Waals surface area (Å²) in [6, 6.07) is 12.5. The number of hydrogen-bond acceptors (Lipinski definition) is 8. The highest BCUT2D eigenvalue weighted by molar-refractivity contribution is 6.10. The predicted molar refractivity (Wildman–Crippen MR) is 155 cm³/mol. The molecule has 4 N–H and O–H groups in total.